The second kappa shape index (κ2) is 12.3. The van der Waals surface area contributed by atoms with Crippen molar-refractivity contribution in [2.75, 3.05) is 0 Å². The molecule has 0 atom stereocenters. The van der Waals surface area contributed by atoms with Crippen LogP contribution in [-0.2, 0) is 5.41 Å². The second-order valence-electron chi connectivity index (χ2n) is 16.8. The molecule has 0 unspecified atom stereocenters. The molecule has 2 heteroatoms. The fourth-order valence-electron chi connectivity index (χ4n) is 11.0. The minimum atomic E-state index is -0.551. The van der Waals surface area contributed by atoms with Gasteiger partial charge in [-0.15, -0.1) is 11.3 Å². The van der Waals surface area contributed by atoms with Crippen molar-refractivity contribution in [1.29, 1.82) is 0 Å². The SMILES string of the molecule is c1ccc(-n2c3ccccc3c3cc4c(cc32)C2(c3cc(-c5ccc6ccccc6c5)ccc3-c3ccc(-c5ccc6ccccc6c5)cc32)c2sc3ccccc3c2-4)cc1. The van der Waals surface area contributed by atoms with Gasteiger partial charge in [-0.2, -0.15) is 0 Å². The lowest BCUT2D eigenvalue weighted by atomic mass is 9.72. The summed E-state index contributed by atoms with van der Waals surface area (Å²) in [5.74, 6) is 0. The molecule has 0 N–H and O–H groups in total. The van der Waals surface area contributed by atoms with Crippen molar-refractivity contribution in [3.05, 3.63) is 234 Å². The molecule has 0 saturated heterocycles. The summed E-state index contributed by atoms with van der Waals surface area (Å²) in [6, 6.07) is 79.9. The second-order valence-corrected chi connectivity index (χ2v) is 17.9. The van der Waals surface area contributed by atoms with Crippen molar-refractivity contribution < 1.29 is 0 Å². The van der Waals surface area contributed by atoms with E-state index < -0.39 is 5.41 Å². The summed E-state index contributed by atoms with van der Waals surface area (Å²) in [7, 11) is 0. The van der Waals surface area contributed by atoms with Crippen LogP contribution in [0.3, 0.4) is 0 Å². The minimum absolute atomic E-state index is 0.551. The summed E-state index contributed by atoms with van der Waals surface area (Å²) in [5.41, 5.74) is 17.4. The van der Waals surface area contributed by atoms with Gasteiger partial charge in [0.1, 0.15) is 0 Å². The van der Waals surface area contributed by atoms with Gasteiger partial charge in [0, 0.05) is 37.0 Å². The van der Waals surface area contributed by atoms with E-state index in [-0.39, 0.29) is 0 Å². The molecule has 282 valence electrons. The van der Waals surface area contributed by atoms with Crippen LogP contribution in [0.15, 0.2) is 212 Å². The first-order chi connectivity index (χ1) is 30.2. The van der Waals surface area contributed by atoms with E-state index in [1.807, 2.05) is 11.3 Å². The third-order valence-electron chi connectivity index (χ3n) is 13.7. The summed E-state index contributed by atoms with van der Waals surface area (Å²) in [6.07, 6.45) is 0. The maximum Gasteiger partial charge on any atom is 0.0820 e. The van der Waals surface area contributed by atoms with E-state index >= 15 is 0 Å². The third kappa shape index (κ3) is 4.50. The van der Waals surface area contributed by atoms with Gasteiger partial charge in [-0.3, -0.25) is 0 Å². The molecule has 0 saturated carbocycles. The Morgan fingerprint density at radius 2 is 0.869 bits per heavy atom. The molecular weight excluding hydrogens is 755 g/mol. The number of rotatable bonds is 3. The van der Waals surface area contributed by atoms with Gasteiger partial charge >= 0.3 is 0 Å². The predicted octanol–water partition coefficient (Wildman–Crippen LogP) is 16.0. The lowest BCUT2D eigenvalue weighted by molar-refractivity contribution is 0.813. The van der Waals surface area contributed by atoms with Crippen LogP contribution < -0.4 is 0 Å². The van der Waals surface area contributed by atoms with E-state index in [1.54, 1.807) is 0 Å². The quantitative estimate of drug-likeness (QED) is 0.168. The van der Waals surface area contributed by atoms with Crippen molar-refractivity contribution in [2.24, 2.45) is 0 Å². The van der Waals surface area contributed by atoms with Crippen LogP contribution in [0.25, 0.3) is 104 Å². The summed E-state index contributed by atoms with van der Waals surface area (Å²) < 4.78 is 3.81. The van der Waals surface area contributed by atoms with Crippen LogP contribution in [-0.4, -0.2) is 4.57 Å². The Balaban J connectivity index is 1.13. The fraction of sp³-hybridized carbons (Fsp3) is 0.0169. The van der Waals surface area contributed by atoms with E-state index in [4.69, 9.17) is 0 Å². The molecule has 14 rings (SSSR count). The summed E-state index contributed by atoms with van der Waals surface area (Å²) in [6.45, 7) is 0. The lowest BCUT2D eigenvalue weighted by Gasteiger charge is -2.30. The first kappa shape index (κ1) is 33.3. The number of hydrogen-bond donors (Lipinski definition) is 0. The Morgan fingerprint density at radius 1 is 0.344 bits per heavy atom. The van der Waals surface area contributed by atoms with Gasteiger partial charge in [0.15, 0.2) is 0 Å². The molecule has 1 spiro atoms. The lowest BCUT2D eigenvalue weighted by Crippen LogP contribution is -2.25. The molecule has 1 nitrogen and oxygen atoms in total. The number of nitrogens with zero attached hydrogens (tertiary/aromatic N) is 1. The molecule has 12 aromatic rings. The highest BCUT2D eigenvalue weighted by molar-refractivity contribution is 7.20. The van der Waals surface area contributed by atoms with Crippen LogP contribution in [0.4, 0.5) is 0 Å². The molecule has 0 fully saturated rings. The average Bonchev–Trinajstić information content (AvgIpc) is 4.03. The maximum absolute atomic E-state index is 2.57. The molecule has 2 aromatic heterocycles. The summed E-state index contributed by atoms with van der Waals surface area (Å²) >= 11 is 1.98. The van der Waals surface area contributed by atoms with Gasteiger partial charge in [0.05, 0.1) is 16.4 Å². The molecule has 61 heavy (non-hydrogen) atoms. The first-order valence-corrected chi connectivity index (χ1v) is 22.0. The number of aromatic nitrogens is 1. The number of fused-ring (bicyclic) bond motifs is 17. The Morgan fingerprint density at radius 3 is 1.54 bits per heavy atom. The Labute approximate surface area is 357 Å². The predicted molar refractivity (Wildman–Crippen MR) is 258 cm³/mol. The first-order valence-electron chi connectivity index (χ1n) is 21.2. The maximum atomic E-state index is 2.57. The zero-order chi connectivity index (χ0) is 39.8. The smallest absolute Gasteiger partial charge is 0.0820 e. The van der Waals surface area contributed by atoms with E-state index in [9.17, 15) is 0 Å². The van der Waals surface area contributed by atoms with Crippen LogP contribution in [0.2, 0.25) is 0 Å². The highest BCUT2D eigenvalue weighted by Crippen LogP contribution is 2.67. The third-order valence-corrected chi connectivity index (χ3v) is 15.0. The number of thiophene rings is 1. The average molecular weight is 790 g/mol. The Kier molecular flexibility index (Phi) is 6.70. The van der Waals surface area contributed by atoms with E-state index in [0.717, 1.165) is 0 Å². The summed E-state index contributed by atoms with van der Waals surface area (Å²) in [4.78, 5) is 1.42. The molecule has 2 heterocycles. The minimum Gasteiger partial charge on any atom is -0.309 e. The van der Waals surface area contributed by atoms with E-state index in [2.05, 4.69) is 217 Å². The Bertz CT molecular complexity index is 3700. The van der Waals surface area contributed by atoms with Gasteiger partial charge in [0.2, 0.25) is 0 Å². The van der Waals surface area contributed by atoms with Gasteiger partial charge in [-0.05, 0) is 138 Å². The molecule has 2 aliphatic rings. The molecule has 0 aliphatic heterocycles. The van der Waals surface area contributed by atoms with Crippen LogP contribution in [0, 0.1) is 0 Å². The summed E-state index contributed by atoms with van der Waals surface area (Å²) in [5, 5.41) is 8.92. The molecule has 0 amide bonds. The molecular formula is C59H35NS. The zero-order valence-electron chi connectivity index (χ0n) is 33.1. The zero-order valence-corrected chi connectivity index (χ0v) is 33.9. The Hall–Kier alpha value is -7.52. The molecule has 0 radical (unpaired) electrons. The van der Waals surface area contributed by atoms with E-state index in [1.165, 1.54) is 125 Å². The van der Waals surface area contributed by atoms with Crippen molar-refractivity contribution in [3.8, 4) is 50.2 Å². The molecule has 0 bridgehead atoms. The van der Waals surface area contributed by atoms with Crippen molar-refractivity contribution in [3.63, 3.8) is 0 Å². The van der Waals surface area contributed by atoms with Crippen molar-refractivity contribution in [1.82, 2.24) is 4.57 Å². The van der Waals surface area contributed by atoms with Crippen molar-refractivity contribution >= 4 is 64.8 Å². The number of hydrogen-bond acceptors (Lipinski definition) is 1. The highest BCUT2D eigenvalue weighted by atomic mass is 32.1. The molecule has 2 aliphatic carbocycles. The standard InChI is InChI=1S/C59H35NS/c1-2-16-44(17-3-1)60-54-20-10-8-18-47(54)49-34-50-53(35-55(49)60)59(58-57(50)48-19-9-11-21-56(48)61-58)51-32-42(40-24-22-36-12-4-6-14-38(36)30-40)26-28-45(51)46-29-27-43(33-52(46)59)41-25-23-37-13-5-7-15-39(37)31-41/h1-35H. The van der Waals surface area contributed by atoms with Crippen LogP contribution in [0.1, 0.15) is 21.6 Å². The number of benzene rings is 10. The van der Waals surface area contributed by atoms with Crippen LogP contribution in [0.5, 0.6) is 0 Å². The fourth-order valence-corrected chi connectivity index (χ4v) is 12.5. The van der Waals surface area contributed by atoms with Crippen LogP contribution >= 0.6 is 11.3 Å². The van der Waals surface area contributed by atoms with Gasteiger partial charge < -0.3 is 4.57 Å². The van der Waals surface area contributed by atoms with Crippen molar-refractivity contribution in [2.45, 2.75) is 5.41 Å². The van der Waals surface area contributed by atoms with Gasteiger partial charge in [-0.25, -0.2) is 0 Å². The largest absolute Gasteiger partial charge is 0.309 e. The molecule has 10 aromatic carbocycles. The van der Waals surface area contributed by atoms with Gasteiger partial charge in [0.25, 0.3) is 0 Å². The number of para-hydroxylation sites is 2. The van der Waals surface area contributed by atoms with Gasteiger partial charge in [-0.1, -0.05) is 152 Å². The highest BCUT2D eigenvalue weighted by Gasteiger charge is 2.54. The monoisotopic (exact) mass is 789 g/mol. The van der Waals surface area contributed by atoms with E-state index in [0.29, 0.717) is 0 Å². The topological polar surface area (TPSA) is 4.93 Å². The normalized spacial score (nSPS) is 13.4.